The number of fused-ring (bicyclic) bond motifs is 2. The molecule has 0 fully saturated rings. The third-order valence-corrected chi connectivity index (χ3v) is 4.43. The zero-order valence-corrected chi connectivity index (χ0v) is 15.9. The van der Waals surface area contributed by atoms with Gasteiger partial charge in [0.2, 0.25) is 0 Å². The number of carbonyl (C=O) groups excluding carboxylic acids is 2. The van der Waals surface area contributed by atoms with Crippen molar-refractivity contribution in [3.05, 3.63) is 59.8 Å². The van der Waals surface area contributed by atoms with E-state index in [1.807, 2.05) is 18.2 Å². The summed E-state index contributed by atoms with van der Waals surface area (Å²) in [5.74, 6) is 0.214. The number of para-hydroxylation sites is 1. The number of hydrogen-bond acceptors (Lipinski definition) is 6. The summed E-state index contributed by atoms with van der Waals surface area (Å²) in [5.41, 5.74) is 2.33. The minimum Gasteiger partial charge on any atom is -0.490 e. The quantitative estimate of drug-likeness (QED) is 0.684. The Morgan fingerprint density at radius 3 is 2.72 bits per heavy atom. The highest BCUT2D eigenvalue weighted by Gasteiger charge is 2.16. The number of benzene rings is 2. The molecule has 0 atom stereocenters. The SMILES string of the molecule is Cc1cc(C(=O)OCC(=O)Nc2ccc3c(c2)OCCCO3)c2ccccc2n1. The zero-order chi connectivity index (χ0) is 20.2. The van der Waals surface area contributed by atoms with Crippen molar-refractivity contribution in [2.75, 3.05) is 25.1 Å². The van der Waals surface area contributed by atoms with Gasteiger partial charge in [-0.2, -0.15) is 0 Å². The highest BCUT2D eigenvalue weighted by Crippen LogP contribution is 2.32. The van der Waals surface area contributed by atoms with Crippen LogP contribution in [0, 0.1) is 6.92 Å². The van der Waals surface area contributed by atoms with E-state index in [4.69, 9.17) is 14.2 Å². The number of amides is 1. The maximum Gasteiger partial charge on any atom is 0.339 e. The number of esters is 1. The van der Waals surface area contributed by atoms with Crippen LogP contribution in [-0.2, 0) is 9.53 Å². The van der Waals surface area contributed by atoms with Crippen molar-refractivity contribution >= 4 is 28.5 Å². The van der Waals surface area contributed by atoms with Crippen molar-refractivity contribution < 1.29 is 23.8 Å². The lowest BCUT2D eigenvalue weighted by atomic mass is 10.1. The molecule has 0 aliphatic carbocycles. The van der Waals surface area contributed by atoms with Crippen LogP contribution in [0.2, 0.25) is 0 Å². The van der Waals surface area contributed by atoms with Crippen LogP contribution in [0.5, 0.6) is 11.5 Å². The zero-order valence-electron chi connectivity index (χ0n) is 15.9. The Bertz CT molecular complexity index is 1080. The van der Waals surface area contributed by atoms with Crippen LogP contribution in [0.15, 0.2) is 48.5 Å². The fourth-order valence-corrected chi connectivity index (χ4v) is 3.12. The summed E-state index contributed by atoms with van der Waals surface area (Å²) in [6, 6.07) is 14.1. The topological polar surface area (TPSA) is 86.8 Å². The van der Waals surface area contributed by atoms with Crippen LogP contribution in [0.1, 0.15) is 22.5 Å². The fraction of sp³-hybridized carbons (Fsp3) is 0.227. The molecular weight excluding hydrogens is 372 g/mol. The summed E-state index contributed by atoms with van der Waals surface area (Å²) in [7, 11) is 0. The number of nitrogens with zero attached hydrogens (tertiary/aromatic N) is 1. The number of nitrogens with one attached hydrogen (secondary N) is 1. The summed E-state index contributed by atoms with van der Waals surface area (Å²) in [6.45, 7) is 2.56. The first-order valence-corrected chi connectivity index (χ1v) is 9.33. The molecule has 7 heteroatoms. The first kappa shape index (κ1) is 18.7. The highest BCUT2D eigenvalue weighted by molar-refractivity contribution is 6.04. The molecule has 0 spiro atoms. The lowest BCUT2D eigenvalue weighted by Gasteiger charge is -2.11. The number of rotatable bonds is 4. The first-order chi connectivity index (χ1) is 14.1. The Labute approximate surface area is 167 Å². The maximum absolute atomic E-state index is 12.5. The Kier molecular flexibility index (Phi) is 5.29. The van der Waals surface area contributed by atoms with Gasteiger partial charge in [0.25, 0.3) is 5.91 Å². The second-order valence-electron chi connectivity index (χ2n) is 6.66. The summed E-state index contributed by atoms with van der Waals surface area (Å²) in [6.07, 6.45) is 0.801. The second kappa shape index (κ2) is 8.18. The van der Waals surface area contributed by atoms with Crippen LogP contribution in [0.3, 0.4) is 0 Å². The molecule has 1 N–H and O–H groups in total. The Balaban J connectivity index is 1.41. The number of ether oxygens (including phenoxy) is 3. The standard InChI is InChI=1S/C22H20N2O5/c1-14-11-17(16-5-2-3-6-18(16)23-14)22(26)29-13-21(25)24-15-7-8-19-20(12-15)28-10-4-9-27-19/h2-3,5-8,11-12H,4,9-10,13H2,1H3,(H,24,25). The fourth-order valence-electron chi connectivity index (χ4n) is 3.12. The predicted molar refractivity (Wildman–Crippen MR) is 107 cm³/mol. The van der Waals surface area contributed by atoms with Crippen LogP contribution in [-0.4, -0.2) is 36.7 Å². The predicted octanol–water partition coefficient (Wildman–Crippen LogP) is 3.50. The molecule has 1 amide bonds. The van der Waals surface area contributed by atoms with Gasteiger partial charge in [0, 0.05) is 29.3 Å². The van der Waals surface area contributed by atoms with E-state index in [1.165, 1.54) is 0 Å². The number of hydrogen-bond donors (Lipinski definition) is 1. The van der Waals surface area contributed by atoms with Gasteiger partial charge in [-0.15, -0.1) is 0 Å². The van der Waals surface area contributed by atoms with Gasteiger partial charge in [-0.1, -0.05) is 18.2 Å². The number of carbonyl (C=O) groups is 2. The number of pyridine rings is 1. The smallest absolute Gasteiger partial charge is 0.339 e. The van der Waals surface area contributed by atoms with Crippen LogP contribution >= 0.6 is 0 Å². The van der Waals surface area contributed by atoms with Crippen molar-refractivity contribution in [2.45, 2.75) is 13.3 Å². The van der Waals surface area contributed by atoms with Crippen molar-refractivity contribution in [3.63, 3.8) is 0 Å². The molecule has 2 heterocycles. The van der Waals surface area contributed by atoms with E-state index in [-0.39, 0.29) is 0 Å². The minimum absolute atomic E-state index is 0.386. The average molecular weight is 392 g/mol. The summed E-state index contributed by atoms with van der Waals surface area (Å²) < 4.78 is 16.4. The van der Waals surface area contributed by atoms with Gasteiger partial charge in [0.1, 0.15) is 0 Å². The Morgan fingerprint density at radius 2 is 1.86 bits per heavy atom. The Morgan fingerprint density at radius 1 is 1.07 bits per heavy atom. The van der Waals surface area contributed by atoms with E-state index >= 15 is 0 Å². The summed E-state index contributed by atoms with van der Waals surface area (Å²) >= 11 is 0. The molecule has 0 saturated carbocycles. The van der Waals surface area contributed by atoms with Gasteiger partial charge in [-0.25, -0.2) is 4.79 Å². The van der Waals surface area contributed by atoms with Gasteiger partial charge in [0.05, 0.1) is 24.3 Å². The molecule has 2 aromatic carbocycles. The molecule has 0 radical (unpaired) electrons. The lowest BCUT2D eigenvalue weighted by Crippen LogP contribution is -2.21. The largest absolute Gasteiger partial charge is 0.490 e. The molecule has 1 aromatic heterocycles. The van der Waals surface area contributed by atoms with Gasteiger partial charge >= 0.3 is 5.97 Å². The average Bonchev–Trinajstić information content (AvgIpc) is 2.96. The Hall–Kier alpha value is -3.61. The highest BCUT2D eigenvalue weighted by atomic mass is 16.5. The van der Waals surface area contributed by atoms with Gasteiger partial charge in [-0.3, -0.25) is 9.78 Å². The van der Waals surface area contributed by atoms with E-state index in [1.54, 1.807) is 37.3 Å². The molecule has 29 heavy (non-hydrogen) atoms. The summed E-state index contributed by atoms with van der Waals surface area (Å²) in [5, 5.41) is 3.39. The monoisotopic (exact) mass is 392 g/mol. The van der Waals surface area contributed by atoms with Crippen molar-refractivity contribution in [2.24, 2.45) is 0 Å². The lowest BCUT2D eigenvalue weighted by molar-refractivity contribution is -0.119. The molecule has 4 rings (SSSR count). The van der Waals surface area contributed by atoms with Crippen LogP contribution < -0.4 is 14.8 Å². The van der Waals surface area contributed by atoms with Crippen molar-refractivity contribution in [1.82, 2.24) is 4.98 Å². The van der Waals surface area contributed by atoms with E-state index < -0.39 is 18.5 Å². The van der Waals surface area contributed by atoms with Crippen molar-refractivity contribution in [1.29, 1.82) is 0 Å². The molecule has 7 nitrogen and oxygen atoms in total. The third-order valence-electron chi connectivity index (χ3n) is 4.43. The molecule has 148 valence electrons. The van der Waals surface area contributed by atoms with E-state index in [2.05, 4.69) is 10.3 Å². The van der Waals surface area contributed by atoms with Crippen molar-refractivity contribution in [3.8, 4) is 11.5 Å². The first-order valence-electron chi connectivity index (χ1n) is 9.33. The van der Waals surface area contributed by atoms with Crippen LogP contribution in [0.25, 0.3) is 10.9 Å². The normalized spacial score (nSPS) is 12.9. The van der Waals surface area contributed by atoms with E-state index in [0.29, 0.717) is 52.6 Å². The molecule has 1 aliphatic rings. The number of anilines is 1. The summed E-state index contributed by atoms with van der Waals surface area (Å²) in [4.78, 5) is 29.2. The molecular formula is C22H20N2O5. The minimum atomic E-state index is -0.569. The molecule has 0 unspecified atom stereocenters. The molecule has 3 aromatic rings. The number of aromatic nitrogens is 1. The maximum atomic E-state index is 12.5. The second-order valence-corrected chi connectivity index (χ2v) is 6.66. The molecule has 0 bridgehead atoms. The van der Waals surface area contributed by atoms with Gasteiger partial charge < -0.3 is 19.5 Å². The third kappa shape index (κ3) is 4.29. The van der Waals surface area contributed by atoms with E-state index in [9.17, 15) is 9.59 Å². The van der Waals surface area contributed by atoms with Gasteiger partial charge in [-0.05, 0) is 31.2 Å². The molecule has 1 aliphatic heterocycles. The van der Waals surface area contributed by atoms with Gasteiger partial charge in [0.15, 0.2) is 18.1 Å². The molecule has 0 saturated heterocycles. The van der Waals surface area contributed by atoms with E-state index in [0.717, 1.165) is 6.42 Å². The van der Waals surface area contributed by atoms with Crippen LogP contribution in [0.4, 0.5) is 5.69 Å². The number of aryl methyl sites for hydroxylation is 1.